The maximum atomic E-state index is 13.5. The minimum Gasteiger partial charge on any atom is -0.320 e. The fraction of sp³-hybridized carbons (Fsp3) is 0. The standard InChI is InChI=1S/C15H10FN3O/c16-14-6-2-1-4-11(14)8-12(9-17)15(20)19-13-5-3-7-18-10-13/h1-8,10H,(H,19,20)/b12-8+. The van der Waals surface area contributed by atoms with Crippen molar-refractivity contribution < 1.29 is 9.18 Å². The molecule has 4 nitrogen and oxygen atoms in total. The summed E-state index contributed by atoms with van der Waals surface area (Å²) < 4.78 is 13.5. The number of hydrogen-bond acceptors (Lipinski definition) is 3. The van der Waals surface area contributed by atoms with Crippen LogP contribution in [-0.4, -0.2) is 10.9 Å². The first-order valence-corrected chi connectivity index (χ1v) is 5.78. The van der Waals surface area contributed by atoms with E-state index in [0.717, 1.165) is 0 Å². The molecular formula is C15H10FN3O. The van der Waals surface area contributed by atoms with Crippen molar-refractivity contribution in [3.8, 4) is 6.07 Å². The highest BCUT2D eigenvalue weighted by atomic mass is 19.1. The van der Waals surface area contributed by atoms with Crippen LogP contribution < -0.4 is 5.32 Å². The lowest BCUT2D eigenvalue weighted by Crippen LogP contribution is -2.13. The van der Waals surface area contributed by atoms with E-state index in [1.165, 1.54) is 30.5 Å². The number of aromatic nitrogens is 1. The van der Waals surface area contributed by atoms with E-state index in [1.807, 2.05) is 0 Å². The highest BCUT2D eigenvalue weighted by Crippen LogP contribution is 2.13. The predicted molar refractivity (Wildman–Crippen MR) is 72.9 cm³/mol. The molecule has 1 N–H and O–H groups in total. The number of benzene rings is 1. The quantitative estimate of drug-likeness (QED) is 0.687. The molecule has 0 fully saturated rings. The highest BCUT2D eigenvalue weighted by Gasteiger charge is 2.10. The minimum atomic E-state index is -0.608. The number of carbonyl (C=O) groups excluding carboxylic acids is 1. The van der Waals surface area contributed by atoms with Gasteiger partial charge in [-0.1, -0.05) is 18.2 Å². The number of carbonyl (C=O) groups is 1. The molecule has 0 saturated carbocycles. The number of pyridine rings is 1. The number of anilines is 1. The van der Waals surface area contributed by atoms with Gasteiger partial charge in [0.2, 0.25) is 0 Å². The van der Waals surface area contributed by atoms with E-state index in [1.54, 1.807) is 30.5 Å². The number of nitrogens with one attached hydrogen (secondary N) is 1. The summed E-state index contributed by atoms with van der Waals surface area (Å²) in [5.41, 5.74) is 0.469. The molecule has 0 bridgehead atoms. The van der Waals surface area contributed by atoms with E-state index >= 15 is 0 Å². The third kappa shape index (κ3) is 3.27. The van der Waals surface area contributed by atoms with Gasteiger partial charge in [0.25, 0.3) is 5.91 Å². The minimum absolute atomic E-state index is 0.182. The second-order valence-corrected chi connectivity index (χ2v) is 3.89. The number of halogens is 1. The normalized spacial score (nSPS) is 10.7. The maximum Gasteiger partial charge on any atom is 0.266 e. The van der Waals surface area contributed by atoms with Crippen molar-refractivity contribution in [2.45, 2.75) is 0 Å². The summed E-state index contributed by atoms with van der Waals surface area (Å²) in [6.07, 6.45) is 4.23. The van der Waals surface area contributed by atoms with Crippen LogP contribution in [0.25, 0.3) is 6.08 Å². The molecule has 1 aromatic carbocycles. The Balaban J connectivity index is 2.23. The predicted octanol–water partition coefficient (Wildman–Crippen LogP) is 2.77. The Morgan fingerprint density at radius 2 is 2.10 bits per heavy atom. The van der Waals surface area contributed by atoms with Gasteiger partial charge in [0.05, 0.1) is 11.9 Å². The Kier molecular flexibility index (Phi) is 4.20. The summed E-state index contributed by atoms with van der Waals surface area (Å²) in [6.45, 7) is 0. The van der Waals surface area contributed by atoms with Crippen molar-refractivity contribution in [3.63, 3.8) is 0 Å². The number of nitrogens with zero attached hydrogens (tertiary/aromatic N) is 2. The van der Waals surface area contributed by atoms with Gasteiger partial charge in [0.1, 0.15) is 17.5 Å². The molecule has 0 aliphatic carbocycles. The first kappa shape index (κ1) is 13.4. The summed E-state index contributed by atoms with van der Waals surface area (Å²) >= 11 is 0. The van der Waals surface area contributed by atoms with Crippen LogP contribution in [-0.2, 0) is 4.79 Å². The average molecular weight is 267 g/mol. The van der Waals surface area contributed by atoms with Crippen molar-refractivity contribution in [2.75, 3.05) is 5.32 Å². The number of nitriles is 1. The van der Waals surface area contributed by atoms with Gasteiger partial charge >= 0.3 is 0 Å². The van der Waals surface area contributed by atoms with Crippen LogP contribution in [0, 0.1) is 17.1 Å². The zero-order valence-corrected chi connectivity index (χ0v) is 10.4. The molecule has 0 aliphatic heterocycles. The summed E-state index contributed by atoms with van der Waals surface area (Å²) in [4.78, 5) is 15.8. The molecule has 98 valence electrons. The molecule has 0 atom stereocenters. The Morgan fingerprint density at radius 3 is 2.75 bits per heavy atom. The fourth-order valence-corrected chi connectivity index (χ4v) is 1.53. The summed E-state index contributed by atoms with van der Waals surface area (Å²) in [7, 11) is 0. The first-order chi connectivity index (χ1) is 9.70. The highest BCUT2D eigenvalue weighted by molar-refractivity contribution is 6.09. The first-order valence-electron chi connectivity index (χ1n) is 5.78. The van der Waals surface area contributed by atoms with Crippen LogP contribution in [0.2, 0.25) is 0 Å². The molecule has 20 heavy (non-hydrogen) atoms. The summed E-state index contributed by atoms with van der Waals surface area (Å²) in [5, 5.41) is 11.5. The lowest BCUT2D eigenvalue weighted by Gasteiger charge is -2.03. The SMILES string of the molecule is N#C/C(=C\c1ccccc1F)C(=O)Nc1cccnc1. The molecular weight excluding hydrogens is 257 g/mol. The topological polar surface area (TPSA) is 65.8 Å². The number of hydrogen-bond donors (Lipinski definition) is 1. The maximum absolute atomic E-state index is 13.5. The number of amides is 1. The molecule has 1 aromatic heterocycles. The van der Waals surface area contributed by atoms with E-state index in [0.29, 0.717) is 5.69 Å². The molecule has 1 amide bonds. The molecule has 0 spiro atoms. The Hall–Kier alpha value is -3.00. The third-order valence-corrected chi connectivity index (χ3v) is 2.49. The van der Waals surface area contributed by atoms with E-state index < -0.39 is 11.7 Å². The van der Waals surface area contributed by atoms with Crippen molar-refractivity contribution in [1.82, 2.24) is 4.98 Å². The molecule has 0 radical (unpaired) electrons. The zero-order chi connectivity index (χ0) is 14.4. The van der Waals surface area contributed by atoms with Gasteiger partial charge in [-0.15, -0.1) is 0 Å². The van der Waals surface area contributed by atoms with Crippen LogP contribution in [0.15, 0.2) is 54.4 Å². The van der Waals surface area contributed by atoms with E-state index in [9.17, 15) is 9.18 Å². The van der Waals surface area contributed by atoms with Gasteiger partial charge < -0.3 is 5.32 Å². The molecule has 1 heterocycles. The van der Waals surface area contributed by atoms with Gasteiger partial charge in [0, 0.05) is 11.8 Å². The van der Waals surface area contributed by atoms with E-state index in [-0.39, 0.29) is 11.1 Å². The van der Waals surface area contributed by atoms with Crippen molar-refractivity contribution >= 4 is 17.7 Å². The summed E-state index contributed by atoms with van der Waals surface area (Å²) in [5.74, 6) is -1.10. The van der Waals surface area contributed by atoms with Crippen LogP contribution in [0.5, 0.6) is 0 Å². The van der Waals surface area contributed by atoms with Gasteiger partial charge in [-0.05, 0) is 24.3 Å². The Bertz CT molecular complexity index is 690. The van der Waals surface area contributed by atoms with Crippen LogP contribution in [0.1, 0.15) is 5.56 Å². The molecule has 0 aliphatic rings. The Labute approximate surface area is 115 Å². The molecule has 0 saturated heterocycles. The fourth-order valence-electron chi connectivity index (χ4n) is 1.53. The molecule has 5 heteroatoms. The van der Waals surface area contributed by atoms with E-state index in [2.05, 4.69) is 10.3 Å². The van der Waals surface area contributed by atoms with Crippen LogP contribution in [0.3, 0.4) is 0 Å². The second kappa shape index (κ2) is 6.25. The molecule has 2 aromatic rings. The second-order valence-electron chi connectivity index (χ2n) is 3.89. The smallest absolute Gasteiger partial charge is 0.266 e. The number of rotatable bonds is 3. The van der Waals surface area contributed by atoms with Gasteiger partial charge in [-0.25, -0.2) is 4.39 Å². The lowest BCUT2D eigenvalue weighted by molar-refractivity contribution is -0.112. The third-order valence-electron chi connectivity index (χ3n) is 2.49. The van der Waals surface area contributed by atoms with Crippen LogP contribution >= 0.6 is 0 Å². The molecule has 2 rings (SSSR count). The van der Waals surface area contributed by atoms with Crippen molar-refractivity contribution in [1.29, 1.82) is 5.26 Å². The van der Waals surface area contributed by atoms with Gasteiger partial charge in [-0.2, -0.15) is 5.26 Å². The largest absolute Gasteiger partial charge is 0.320 e. The van der Waals surface area contributed by atoms with Crippen molar-refractivity contribution in [2.24, 2.45) is 0 Å². The van der Waals surface area contributed by atoms with Gasteiger partial charge in [-0.3, -0.25) is 9.78 Å². The van der Waals surface area contributed by atoms with Crippen LogP contribution in [0.4, 0.5) is 10.1 Å². The van der Waals surface area contributed by atoms with E-state index in [4.69, 9.17) is 5.26 Å². The van der Waals surface area contributed by atoms with Gasteiger partial charge in [0.15, 0.2) is 0 Å². The Morgan fingerprint density at radius 1 is 1.30 bits per heavy atom. The average Bonchev–Trinajstić information content (AvgIpc) is 2.47. The van der Waals surface area contributed by atoms with Crippen molar-refractivity contribution in [3.05, 3.63) is 65.7 Å². The summed E-state index contributed by atoms with van der Waals surface area (Å²) in [6, 6.07) is 11.0. The lowest BCUT2D eigenvalue weighted by atomic mass is 10.1. The molecule has 0 unspecified atom stereocenters. The zero-order valence-electron chi connectivity index (χ0n) is 10.4. The monoisotopic (exact) mass is 267 g/mol.